The zero-order valence-electron chi connectivity index (χ0n) is 8.21. The number of alkyl halides is 2. The number of ether oxygens (including phenoxy) is 1. The van der Waals surface area contributed by atoms with Gasteiger partial charge in [-0.15, -0.1) is 0 Å². The van der Waals surface area contributed by atoms with Crippen LogP contribution in [0.4, 0.5) is 8.78 Å². The number of hydrogen-bond donors (Lipinski definition) is 1. The van der Waals surface area contributed by atoms with Crippen molar-refractivity contribution in [2.75, 3.05) is 7.11 Å². The van der Waals surface area contributed by atoms with E-state index in [1.807, 2.05) is 0 Å². The Kier molecular flexibility index (Phi) is 4.29. The second-order valence-corrected chi connectivity index (χ2v) is 3.60. The maximum Gasteiger partial charge on any atom is 0.253 e. The average molecular weight is 236 g/mol. The largest absolute Gasteiger partial charge is 0.496 e. The van der Waals surface area contributed by atoms with Crippen LogP contribution < -0.4 is 10.5 Å². The predicted octanol–water partition coefficient (Wildman–Crippen LogP) is 2.48. The Morgan fingerprint density at radius 1 is 1.47 bits per heavy atom. The van der Waals surface area contributed by atoms with Crippen LogP contribution in [-0.2, 0) is 6.42 Å². The molecule has 1 aromatic carbocycles. The second-order valence-electron chi connectivity index (χ2n) is 3.16. The Morgan fingerprint density at radius 2 is 2.13 bits per heavy atom. The van der Waals surface area contributed by atoms with E-state index in [-0.39, 0.29) is 6.42 Å². The van der Waals surface area contributed by atoms with Crippen LogP contribution in [0.1, 0.15) is 5.56 Å². The summed E-state index contributed by atoms with van der Waals surface area (Å²) >= 11 is 5.74. The minimum absolute atomic E-state index is 0.0675. The molecule has 0 heterocycles. The molecule has 1 aromatic rings. The van der Waals surface area contributed by atoms with Crippen LogP contribution in [0.5, 0.6) is 5.75 Å². The first kappa shape index (κ1) is 12.2. The van der Waals surface area contributed by atoms with Crippen LogP contribution in [0, 0.1) is 0 Å². The van der Waals surface area contributed by atoms with Gasteiger partial charge in [-0.2, -0.15) is 0 Å². The van der Waals surface area contributed by atoms with Gasteiger partial charge in [0.05, 0.1) is 13.2 Å². The molecule has 5 heteroatoms. The summed E-state index contributed by atoms with van der Waals surface area (Å²) < 4.78 is 29.5. The summed E-state index contributed by atoms with van der Waals surface area (Å²) in [7, 11) is 1.46. The summed E-state index contributed by atoms with van der Waals surface area (Å²) in [6.45, 7) is 0. The molecule has 0 saturated heterocycles. The molecule has 0 radical (unpaired) electrons. The lowest BCUT2D eigenvalue weighted by Crippen LogP contribution is -2.31. The molecule has 0 spiro atoms. The van der Waals surface area contributed by atoms with Gasteiger partial charge in [0.2, 0.25) is 0 Å². The molecule has 0 bridgehead atoms. The van der Waals surface area contributed by atoms with Crippen molar-refractivity contribution in [3.8, 4) is 5.75 Å². The third kappa shape index (κ3) is 3.32. The monoisotopic (exact) mass is 235 g/mol. The van der Waals surface area contributed by atoms with Gasteiger partial charge in [0, 0.05) is 5.02 Å². The van der Waals surface area contributed by atoms with Gasteiger partial charge in [0.25, 0.3) is 6.43 Å². The van der Waals surface area contributed by atoms with Gasteiger partial charge in [-0.25, -0.2) is 8.78 Å². The Bertz CT molecular complexity index is 333. The first-order valence-corrected chi connectivity index (χ1v) is 4.78. The SMILES string of the molecule is COc1cc(Cl)ccc1CC(N)C(F)F. The van der Waals surface area contributed by atoms with Gasteiger partial charge >= 0.3 is 0 Å². The fraction of sp³-hybridized carbons (Fsp3) is 0.400. The maximum absolute atomic E-state index is 12.2. The molecule has 0 aliphatic heterocycles. The van der Waals surface area contributed by atoms with E-state index in [1.54, 1.807) is 18.2 Å². The summed E-state index contributed by atoms with van der Waals surface area (Å²) in [6, 6.07) is 3.66. The molecule has 2 N–H and O–H groups in total. The molecule has 0 aliphatic rings. The third-order valence-electron chi connectivity index (χ3n) is 2.03. The van der Waals surface area contributed by atoms with Crippen molar-refractivity contribution in [2.24, 2.45) is 5.73 Å². The minimum atomic E-state index is -2.54. The number of benzene rings is 1. The van der Waals surface area contributed by atoms with Crippen LogP contribution in [0.3, 0.4) is 0 Å². The first-order chi connectivity index (χ1) is 7.04. The highest BCUT2D eigenvalue weighted by atomic mass is 35.5. The molecule has 1 rings (SSSR count). The van der Waals surface area contributed by atoms with E-state index in [2.05, 4.69) is 0 Å². The number of rotatable bonds is 4. The van der Waals surface area contributed by atoms with Crippen LogP contribution in [0.2, 0.25) is 5.02 Å². The highest BCUT2D eigenvalue weighted by molar-refractivity contribution is 6.30. The fourth-order valence-corrected chi connectivity index (χ4v) is 1.39. The van der Waals surface area contributed by atoms with Crippen molar-refractivity contribution in [1.82, 2.24) is 0 Å². The van der Waals surface area contributed by atoms with E-state index in [0.717, 1.165) is 0 Å². The van der Waals surface area contributed by atoms with Crippen molar-refractivity contribution in [2.45, 2.75) is 18.9 Å². The minimum Gasteiger partial charge on any atom is -0.496 e. The smallest absolute Gasteiger partial charge is 0.253 e. The summed E-state index contributed by atoms with van der Waals surface area (Å²) in [5, 5.41) is 0.501. The van der Waals surface area contributed by atoms with E-state index in [1.165, 1.54) is 7.11 Å². The van der Waals surface area contributed by atoms with Crippen LogP contribution >= 0.6 is 11.6 Å². The molecule has 2 nitrogen and oxygen atoms in total. The van der Waals surface area contributed by atoms with Crippen molar-refractivity contribution in [1.29, 1.82) is 0 Å². The van der Waals surface area contributed by atoms with Gasteiger partial charge in [-0.3, -0.25) is 0 Å². The standard InChI is InChI=1S/C10H12ClF2NO/c1-15-9-5-7(11)3-2-6(9)4-8(14)10(12)13/h2-3,5,8,10H,4,14H2,1H3. The van der Waals surface area contributed by atoms with Crippen LogP contribution in [0.25, 0.3) is 0 Å². The van der Waals surface area contributed by atoms with Crippen molar-refractivity contribution < 1.29 is 13.5 Å². The molecule has 84 valence electrons. The Labute approximate surface area is 92.0 Å². The predicted molar refractivity (Wildman–Crippen MR) is 55.7 cm³/mol. The number of nitrogens with two attached hydrogens (primary N) is 1. The molecule has 1 unspecified atom stereocenters. The zero-order valence-corrected chi connectivity index (χ0v) is 8.97. The number of halogens is 3. The van der Waals surface area contributed by atoms with Gasteiger partial charge in [-0.05, 0) is 24.1 Å². The van der Waals surface area contributed by atoms with Crippen LogP contribution in [-0.4, -0.2) is 19.6 Å². The Morgan fingerprint density at radius 3 is 2.67 bits per heavy atom. The molecular weight excluding hydrogens is 224 g/mol. The quantitative estimate of drug-likeness (QED) is 0.870. The number of methoxy groups -OCH3 is 1. The molecule has 0 saturated carbocycles. The normalized spacial score (nSPS) is 12.9. The van der Waals surface area contributed by atoms with Gasteiger partial charge < -0.3 is 10.5 Å². The summed E-state index contributed by atoms with van der Waals surface area (Å²) in [5.74, 6) is 0.485. The molecule has 0 fully saturated rings. The fourth-order valence-electron chi connectivity index (χ4n) is 1.23. The molecule has 1 atom stereocenters. The Balaban J connectivity index is 2.84. The van der Waals surface area contributed by atoms with E-state index in [9.17, 15) is 8.78 Å². The molecular formula is C10H12ClF2NO. The average Bonchev–Trinajstić information content (AvgIpc) is 2.20. The van der Waals surface area contributed by atoms with E-state index < -0.39 is 12.5 Å². The van der Waals surface area contributed by atoms with Crippen molar-refractivity contribution in [3.63, 3.8) is 0 Å². The molecule has 15 heavy (non-hydrogen) atoms. The second kappa shape index (κ2) is 5.28. The van der Waals surface area contributed by atoms with Crippen molar-refractivity contribution in [3.05, 3.63) is 28.8 Å². The van der Waals surface area contributed by atoms with E-state index in [4.69, 9.17) is 22.1 Å². The van der Waals surface area contributed by atoms with E-state index in [0.29, 0.717) is 16.3 Å². The lowest BCUT2D eigenvalue weighted by molar-refractivity contribution is 0.115. The van der Waals surface area contributed by atoms with Gasteiger partial charge in [0.15, 0.2) is 0 Å². The topological polar surface area (TPSA) is 35.2 Å². The molecule has 0 aliphatic carbocycles. The van der Waals surface area contributed by atoms with Crippen molar-refractivity contribution >= 4 is 11.6 Å². The van der Waals surface area contributed by atoms with Crippen LogP contribution in [0.15, 0.2) is 18.2 Å². The highest BCUT2D eigenvalue weighted by Crippen LogP contribution is 2.24. The van der Waals surface area contributed by atoms with Gasteiger partial charge in [-0.1, -0.05) is 17.7 Å². The summed E-state index contributed by atoms with van der Waals surface area (Å²) in [6.07, 6.45) is -2.47. The first-order valence-electron chi connectivity index (χ1n) is 4.40. The molecule has 0 amide bonds. The number of hydrogen-bond acceptors (Lipinski definition) is 2. The lowest BCUT2D eigenvalue weighted by Gasteiger charge is -2.13. The van der Waals surface area contributed by atoms with Gasteiger partial charge in [0.1, 0.15) is 5.75 Å². The summed E-state index contributed by atoms with van der Waals surface area (Å²) in [5.41, 5.74) is 5.91. The lowest BCUT2D eigenvalue weighted by atomic mass is 10.1. The highest BCUT2D eigenvalue weighted by Gasteiger charge is 2.17. The van der Waals surface area contributed by atoms with E-state index >= 15 is 0 Å². The molecule has 0 aromatic heterocycles. The maximum atomic E-state index is 12.2. The summed E-state index contributed by atoms with van der Waals surface area (Å²) in [4.78, 5) is 0. The zero-order chi connectivity index (χ0) is 11.4. The Hall–Kier alpha value is -0.870. The third-order valence-corrected chi connectivity index (χ3v) is 2.26.